The Balaban J connectivity index is 1.73. The molecule has 0 spiro atoms. The highest BCUT2D eigenvalue weighted by Crippen LogP contribution is 2.23. The van der Waals surface area contributed by atoms with Crippen molar-refractivity contribution in [3.8, 4) is 5.69 Å². The van der Waals surface area contributed by atoms with Gasteiger partial charge in [-0.1, -0.05) is 12.1 Å². The molecule has 0 aliphatic carbocycles. The van der Waals surface area contributed by atoms with Crippen LogP contribution in [0.2, 0.25) is 0 Å². The third kappa shape index (κ3) is 3.97. The Morgan fingerprint density at radius 2 is 1.88 bits per heavy atom. The minimum Gasteiger partial charge on any atom is -0.306 e. The Kier molecular flexibility index (Phi) is 5.74. The van der Waals surface area contributed by atoms with Crippen molar-refractivity contribution in [1.29, 1.82) is 0 Å². The van der Waals surface area contributed by atoms with Gasteiger partial charge in [-0.15, -0.1) is 11.8 Å². The van der Waals surface area contributed by atoms with Crippen LogP contribution in [0.5, 0.6) is 0 Å². The summed E-state index contributed by atoms with van der Waals surface area (Å²) >= 11 is 1.72. The lowest BCUT2D eigenvalue weighted by molar-refractivity contribution is 0.566. The molecule has 1 atom stereocenters. The molecule has 26 heavy (non-hydrogen) atoms. The van der Waals surface area contributed by atoms with E-state index in [4.69, 9.17) is 0 Å². The summed E-state index contributed by atoms with van der Waals surface area (Å²) in [6.45, 7) is 4.66. The summed E-state index contributed by atoms with van der Waals surface area (Å²) in [4.78, 5) is 1.24. The summed E-state index contributed by atoms with van der Waals surface area (Å²) < 4.78 is 28.7. The molecule has 2 aromatic carbocycles. The van der Waals surface area contributed by atoms with E-state index in [-0.39, 0.29) is 11.7 Å². The molecule has 0 amide bonds. The van der Waals surface area contributed by atoms with Crippen molar-refractivity contribution < 1.29 is 8.78 Å². The quantitative estimate of drug-likeness (QED) is 0.615. The average molecular weight is 373 g/mol. The number of thioether (sulfide) groups is 1. The van der Waals surface area contributed by atoms with Gasteiger partial charge in [-0.2, -0.15) is 5.10 Å². The van der Waals surface area contributed by atoms with Gasteiger partial charge in [0.2, 0.25) is 0 Å². The SMILES string of the molecule is CSc1ccc(CN[C@H](C)c2cnn(-c3ccc(F)cc3F)c2C)cc1. The predicted octanol–water partition coefficient (Wildman–Crippen LogP) is 5.03. The molecule has 3 rings (SSSR count). The number of nitrogens with zero attached hydrogens (tertiary/aromatic N) is 2. The van der Waals surface area contributed by atoms with Gasteiger partial charge in [0.15, 0.2) is 5.82 Å². The molecule has 0 fully saturated rings. The lowest BCUT2D eigenvalue weighted by atomic mass is 10.1. The Labute approximate surface area is 156 Å². The highest BCUT2D eigenvalue weighted by atomic mass is 32.2. The van der Waals surface area contributed by atoms with Crippen molar-refractivity contribution in [3.05, 3.63) is 77.1 Å². The zero-order valence-electron chi connectivity index (χ0n) is 15.0. The molecule has 0 saturated carbocycles. The maximum absolute atomic E-state index is 14.0. The third-order valence-electron chi connectivity index (χ3n) is 4.42. The lowest BCUT2D eigenvalue weighted by Crippen LogP contribution is -2.18. The molecule has 1 aromatic heterocycles. The minimum absolute atomic E-state index is 0.0486. The van der Waals surface area contributed by atoms with Crippen molar-refractivity contribution in [1.82, 2.24) is 15.1 Å². The van der Waals surface area contributed by atoms with Crippen LogP contribution in [0.3, 0.4) is 0 Å². The van der Waals surface area contributed by atoms with Gasteiger partial charge in [0.1, 0.15) is 11.5 Å². The van der Waals surface area contributed by atoms with Crippen molar-refractivity contribution in [2.45, 2.75) is 31.3 Å². The number of hydrogen-bond donors (Lipinski definition) is 1. The van der Waals surface area contributed by atoms with Gasteiger partial charge >= 0.3 is 0 Å². The van der Waals surface area contributed by atoms with Gasteiger partial charge in [0.05, 0.1) is 6.20 Å². The molecule has 0 unspecified atom stereocenters. The summed E-state index contributed by atoms with van der Waals surface area (Å²) in [6, 6.07) is 12.0. The first-order valence-corrected chi connectivity index (χ1v) is 9.58. The fourth-order valence-corrected chi connectivity index (χ4v) is 3.28. The number of halogens is 2. The van der Waals surface area contributed by atoms with Crippen molar-refractivity contribution in [2.24, 2.45) is 0 Å². The monoisotopic (exact) mass is 373 g/mol. The largest absolute Gasteiger partial charge is 0.306 e. The van der Waals surface area contributed by atoms with E-state index in [2.05, 4.69) is 40.9 Å². The maximum Gasteiger partial charge on any atom is 0.151 e. The van der Waals surface area contributed by atoms with Gasteiger partial charge in [0.25, 0.3) is 0 Å². The lowest BCUT2D eigenvalue weighted by Gasteiger charge is -2.14. The first-order chi connectivity index (χ1) is 12.5. The second kappa shape index (κ2) is 8.01. The minimum atomic E-state index is -0.628. The van der Waals surface area contributed by atoms with E-state index in [9.17, 15) is 8.78 Å². The molecule has 0 aliphatic rings. The first-order valence-electron chi connectivity index (χ1n) is 8.36. The van der Waals surface area contributed by atoms with E-state index in [1.54, 1.807) is 18.0 Å². The molecular weight excluding hydrogens is 352 g/mol. The highest BCUT2D eigenvalue weighted by molar-refractivity contribution is 7.98. The van der Waals surface area contributed by atoms with Crippen molar-refractivity contribution in [3.63, 3.8) is 0 Å². The number of rotatable bonds is 6. The second-order valence-electron chi connectivity index (χ2n) is 6.14. The molecule has 0 bridgehead atoms. The van der Waals surface area contributed by atoms with Gasteiger partial charge < -0.3 is 5.32 Å². The summed E-state index contributed by atoms with van der Waals surface area (Å²) in [5.74, 6) is -1.23. The van der Waals surface area contributed by atoms with Gasteiger partial charge in [-0.3, -0.25) is 0 Å². The molecule has 3 nitrogen and oxygen atoms in total. The Bertz CT molecular complexity index is 891. The molecule has 136 valence electrons. The normalized spacial score (nSPS) is 12.3. The second-order valence-corrected chi connectivity index (χ2v) is 7.02. The molecule has 3 aromatic rings. The van der Waals surface area contributed by atoms with Crippen molar-refractivity contribution >= 4 is 11.8 Å². The first kappa shape index (κ1) is 18.6. The number of hydrogen-bond acceptors (Lipinski definition) is 3. The molecule has 1 heterocycles. The number of aromatic nitrogens is 2. The highest BCUT2D eigenvalue weighted by Gasteiger charge is 2.16. The van der Waals surface area contributed by atoms with Crippen LogP contribution < -0.4 is 5.32 Å². The van der Waals surface area contributed by atoms with Gasteiger partial charge in [0, 0.05) is 34.8 Å². The molecule has 1 N–H and O–H groups in total. The average Bonchev–Trinajstić information content (AvgIpc) is 3.01. The maximum atomic E-state index is 14.0. The van der Waals surface area contributed by atoms with Gasteiger partial charge in [-0.25, -0.2) is 13.5 Å². The zero-order valence-corrected chi connectivity index (χ0v) is 15.8. The van der Waals surface area contributed by atoms with Crippen LogP contribution in [0.25, 0.3) is 5.69 Å². The summed E-state index contributed by atoms with van der Waals surface area (Å²) in [6.07, 6.45) is 3.78. The van der Waals surface area contributed by atoms with Crippen LogP contribution in [0.15, 0.2) is 53.6 Å². The van der Waals surface area contributed by atoms with Crippen LogP contribution >= 0.6 is 11.8 Å². The van der Waals surface area contributed by atoms with Gasteiger partial charge in [-0.05, 0) is 49.9 Å². The molecule has 0 radical (unpaired) electrons. The van der Waals surface area contributed by atoms with E-state index in [0.717, 1.165) is 23.9 Å². The van der Waals surface area contributed by atoms with E-state index in [1.807, 2.05) is 13.8 Å². The van der Waals surface area contributed by atoms with Crippen LogP contribution in [0.1, 0.15) is 29.8 Å². The summed E-state index contributed by atoms with van der Waals surface area (Å²) in [7, 11) is 0. The fourth-order valence-electron chi connectivity index (χ4n) is 2.87. The Hall–Kier alpha value is -2.18. The number of nitrogens with one attached hydrogen (secondary N) is 1. The van der Waals surface area contributed by atoms with E-state index in [0.29, 0.717) is 0 Å². The summed E-state index contributed by atoms with van der Waals surface area (Å²) in [5.41, 5.74) is 3.25. The van der Waals surface area contributed by atoms with E-state index >= 15 is 0 Å². The van der Waals surface area contributed by atoms with E-state index < -0.39 is 11.6 Å². The third-order valence-corrected chi connectivity index (χ3v) is 5.17. The topological polar surface area (TPSA) is 29.9 Å². The number of benzene rings is 2. The smallest absolute Gasteiger partial charge is 0.151 e. The summed E-state index contributed by atoms with van der Waals surface area (Å²) in [5, 5.41) is 7.75. The fraction of sp³-hybridized carbons (Fsp3) is 0.250. The molecule has 6 heteroatoms. The molecular formula is C20H21F2N3S. The van der Waals surface area contributed by atoms with Crippen LogP contribution in [-0.4, -0.2) is 16.0 Å². The molecule has 0 saturated heterocycles. The van der Waals surface area contributed by atoms with E-state index in [1.165, 1.54) is 27.3 Å². The zero-order chi connectivity index (χ0) is 18.7. The molecule has 0 aliphatic heterocycles. The van der Waals surface area contributed by atoms with Crippen LogP contribution in [0.4, 0.5) is 8.78 Å². The van der Waals surface area contributed by atoms with Crippen LogP contribution in [-0.2, 0) is 6.54 Å². The Morgan fingerprint density at radius 3 is 2.54 bits per heavy atom. The Morgan fingerprint density at radius 1 is 1.15 bits per heavy atom. The van der Waals surface area contributed by atoms with Crippen molar-refractivity contribution in [2.75, 3.05) is 6.26 Å². The van der Waals surface area contributed by atoms with Crippen LogP contribution in [0, 0.1) is 18.6 Å². The standard InChI is InChI=1S/C20H21F2N3S/c1-13(23-11-15-4-7-17(26-3)8-5-15)18-12-24-25(14(18)2)20-9-6-16(21)10-19(20)22/h4-10,12-13,23H,11H2,1-3H3/t13-/m1/s1. The predicted molar refractivity (Wildman–Crippen MR) is 102 cm³/mol.